The second-order valence-corrected chi connectivity index (χ2v) is 6.48. The third-order valence-electron chi connectivity index (χ3n) is 4.39. The normalized spacial score (nSPS) is 17.9. The van der Waals surface area contributed by atoms with E-state index in [9.17, 15) is 18.8 Å². The molecular weight excluding hydrogens is 350 g/mol. The minimum absolute atomic E-state index is 0. The number of rotatable bonds is 6. The predicted octanol–water partition coefficient (Wildman–Crippen LogP) is 1.02. The van der Waals surface area contributed by atoms with Gasteiger partial charge in [-0.25, -0.2) is 14.4 Å². The van der Waals surface area contributed by atoms with E-state index >= 15 is 0 Å². The standard InChI is InChI=1S/C18H16BFN4O3.H2/c1-10-4-14(10)15-5-11(19)2-3-13(15)17(27)24(9-25)8-16(26)23-18-21-6-12(20)7-22-18;/h2-3,5-7,9-10,14H,4,8H2,1H3,(H,21,22,23,26);1H/t10-,14+;/m0./s1. The van der Waals surface area contributed by atoms with Crippen LogP contribution in [0.1, 0.15) is 36.6 Å². The number of anilines is 1. The number of nitrogens with one attached hydrogen (secondary N) is 1. The van der Waals surface area contributed by atoms with Crippen LogP contribution in [0.5, 0.6) is 0 Å². The number of carbonyl (C=O) groups is 3. The third-order valence-corrected chi connectivity index (χ3v) is 4.39. The fourth-order valence-corrected chi connectivity index (χ4v) is 2.85. The smallest absolute Gasteiger partial charge is 0.261 e. The Morgan fingerprint density at radius 2 is 2.07 bits per heavy atom. The highest BCUT2D eigenvalue weighted by molar-refractivity contribution is 6.32. The van der Waals surface area contributed by atoms with Crippen LogP contribution in [0, 0.1) is 11.7 Å². The van der Waals surface area contributed by atoms with Crippen LogP contribution in [-0.4, -0.2) is 47.5 Å². The van der Waals surface area contributed by atoms with Gasteiger partial charge < -0.3 is 0 Å². The monoisotopic (exact) mass is 368 g/mol. The van der Waals surface area contributed by atoms with Gasteiger partial charge in [-0.15, -0.1) is 0 Å². The quantitative estimate of drug-likeness (QED) is 0.607. The van der Waals surface area contributed by atoms with Crippen LogP contribution in [0.25, 0.3) is 0 Å². The van der Waals surface area contributed by atoms with Crippen LogP contribution < -0.4 is 10.8 Å². The van der Waals surface area contributed by atoms with Gasteiger partial charge in [0.1, 0.15) is 14.4 Å². The first-order chi connectivity index (χ1) is 12.9. The van der Waals surface area contributed by atoms with Gasteiger partial charge >= 0.3 is 0 Å². The Labute approximate surface area is 157 Å². The van der Waals surface area contributed by atoms with Crippen molar-refractivity contribution in [2.24, 2.45) is 5.92 Å². The molecule has 9 heteroatoms. The zero-order chi connectivity index (χ0) is 19.6. The molecule has 27 heavy (non-hydrogen) atoms. The van der Waals surface area contributed by atoms with Crippen LogP contribution in [0.2, 0.25) is 0 Å². The number of hydrogen-bond donors (Lipinski definition) is 1. The number of amides is 3. The fraction of sp³-hybridized carbons (Fsp3) is 0.278. The van der Waals surface area contributed by atoms with E-state index in [4.69, 9.17) is 7.85 Å². The first-order valence-corrected chi connectivity index (χ1v) is 8.32. The van der Waals surface area contributed by atoms with Crippen molar-refractivity contribution in [2.75, 3.05) is 11.9 Å². The maximum Gasteiger partial charge on any atom is 0.261 e. The van der Waals surface area contributed by atoms with Crippen molar-refractivity contribution in [2.45, 2.75) is 19.3 Å². The van der Waals surface area contributed by atoms with Gasteiger partial charge in [-0.05, 0) is 29.9 Å². The molecule has 2 atom stereocenters. The SMILES string of the molecule is [B]c1ccc(C(=O)N(C=O)CC(=O)Nc2ncc(F)cn2)c([C@@H]2C[C@@H]2C)c1.[HH]. The molecule has 0 bridgehead atoms. The number of carbonyl (C=O) groups excluding carboxylic acids is 3. The predicted molar refractivity (Wildman–Crippen MR) is 98.2 cm³/mol. The number of imide groups is 1. The molecule has 1 aromatic heterocycles. The highest BCUT2D eigenvalue weighted by atomic mass is 19.1. The molecule has 0 saturated heterocycles. The summed E-state index contributed by atoms with van der Waals surface area (Å²) in [5.74, 6) is -1.40. The summed E-state index contributed by atoms with van der Waals surface area (Å²) in [7, 11) is 5.83. The number of hydrogen-bond acceptors (Lipinski definition) is 5. The largest absolute Gasteiger partial charge is 0.293 e. The highest BCUT2D eigenvalue weighted by Gasteiger charge is 2.37. The summed E-state index contributed by atoms with van der Waals surface area (Å²) in [6, 6.07) is 4.88. The zero-order valence-electron chi connectivity index (χ0n) is 14.6. The number of halogens is 1. The summed E-state index contributed by atoms with van der Waals surface area (Å²) in [5, 5.41) is 2.31. The molecule has 0 unspecified atom stereocenters. The second-order valence-electron chi connectivity index (χ2n) is 6.48. The summed E-state index contributed by atoms with van der Waals surface area (Å²) in [5.41, 5.74) is 1.66. The molecule has 0 aliphatic heterocycles. The van der Waals surface area contributed by atoms with E-state index in [0.29, 0.717) is 23.4 Å². The molecule has 138 valence electrons. The summed E-state index contributed by atoms with van der Waals surface area (Å²) in [4.78, 5) is 44.2. The molecule has 1 saturated carbocycles. The average Bonchev–Trinajstić information content (AvgIpc) is 3.37. The Morgan fingerprint density at radius 1 is 1.41 bits per heavy atom. The molecule has 2 radical (unpaired) electrons. The van der Waals surface area contributed by atoms with E-state index in [1.54, 1.807) is 18.2 Å². The summed E-state index contributed by atoms with van der Waals surface area (Å²) in [6.07, 6.45) is 3.02. The van der Waals surface area contributed by atoms with E-state index < -0.39 is 24.2 Å². The molecule has 2 aromatic rings. The molecule has 1 fully saturated rings. The summed E-state index contributed by atoms with van der Waals surface area (Å²) >= 11 is 0. The van der Waals surface area contributed by atoms with E-state index in [0.717, 1.165) is 29.3 Å². The number of aromatic nitrogens is 2. The Bertz CT molecular complexity index is 897. The van der Waals surface area contributed by atoms with Crippen LogP contribution in [-0.2, 0) is 9.59 Å². The van der Waals surface area contributed by atoms with Crippen molar-refractivity contribution >= 4 is 37.5 Å². The van der Waals surface area contributed by atoms with Crippen molar-refractivity contribution in [3.63, 3.8) is 0 Å². The minimum atomic E-state index is -0.682. The van der Waals surface area contributed by atoms with Gasteiger partial charge in [-0.3, -0.25) is 24.6 Å². The second kappa shape index (κ2) is 7.65. The van der Waals surface area contributed by atoms with E-state index in [1.807, 2.05) is 0 Å². The average molecular weight is 368 g/mol. The van der Waals surface area contributed by atoms with E-state index in [2.05, 4.69) is 22.2 Å². The molecule has 0 spiro atoms. The van der Waals surface area contributed by atoms with Crippen molar-refractivity contribution in [1.29, 1.82) is 0 Å². The highest BCUT2D eigenvalue weighted by Crippen LogP contribution is 2.47. The van der Waals surface area contributed by atoms with Gasteiger partial charge in [-0.2, -0.15) is 0 Å². The lowest BCUT2D eigenvalue weighted by molar-refractivity contribution is -0.123. The molecule has 1 aliphatic carbocycles. The van der Waals surface area contributed by atoms with Crippen LogP contribution in [0.15, 0.2) is 30.6 Å². The fourth-order valence-electron chi connectivity index (χ4n) is 2.85. The van der Waals surface area contributed by atoms with E-state index in [1.165, 1.54) is 0 Å². The molecule has 1 heterocycles. The molecule has 1 aliphatic rings. The lowest BCUT2D eigenvalue weighted by Gasteiger charge is -2.17. The third kappa shape index (κ3) is 4.36. The summed E-state index contributed by atoms with van der Waals surface area (Å²) in [6.45, 7) is 1.54. The van der Waals surface area contributed by atoms with Gasteiger partial charge in [0, 0.05) is 6.99 Å². The molecule has 7 nitrogen and oxygen atoms in total. The van der Waals surface area contributed by atoms with Crippen LogP contribution >= 0.6 is 0 Å². The molecule has 1 N–H and O–H groups in total. The Kier molecular flexibility index (Phi) is 5.29. The maximum absolute atomic E-state index is 12.8. The van der Waals surface area contributed by atoms with Crippen molar-refractivity contribution in [3.8, 4) is 0 Å². The van der Waals surface area contributed by atoms with Crippen molar-refractivity contribution in [1.82, 2.24) is 14.9 Å². The first-order valence-electron chi connectivity index (χ1n) is 8.32. The Hall–Kier alpha value is -3.10. The number of nitrogens with zero attached hydrogens (tertiary/aromatic N) is 3. The van der Waals surface area contributed by atoms with Crippen molar-refractivity contribution in [3.05, 3.63) is 47.5 Å². The van der Waals surface area contributed by atoms with Crippen LogP contribution in [0.3, 0.4) is 0 Å². The molecule has 3 amide bonds. The van der Waals surface area contributed by atoms with Gasteiger partial charge in [0.25, 0.3) is 5.91 Å². The van der Waals surface area contributed by atoms with E-state index in [-0.39, 0.29) is 13.3 Å². The van der Waals surface area contributed by atoms with Gasteiger partial charge in [0.2, 0.25) is 18.3 Å². The topological polar surface area (TPSA) is 92.3 Å². The maximum atomic E-state index is 12.8. The van der Waals surface area contributed by atoms with Crippen LogP contribution in [0.4, 0.5) is 10.3 Å². The zero-order valence-corrected chi connectivity index (χ0v) is 14.6. The molecule has 1 aromatic carbocycles. The first kappa shape index (κ1) is 18.7. The molecule has 3 rings (SSSR count). The summed E-state index contributed by atoms with van der Waals surface area (Å²) < 4.78 is 12.8. The van der Waals surface area contributed by atoms with Gasteiger partial charge in [0.05, 0.1) is 12.4 Å². The molecular formula is C18H18BFN4O3. The van der Waals surface area contributed by atoms with Crippen molar-refractivity contribution < 1.29 is 20.2 Å². The van der Waals surface area contributed by atoms with Gasteiger partial charge in [-0.1, -0.05) is 24.5 Å². The van der Waals surface area contributed by atoms with Gasteiger partial charge in [0.15, 0.2) is 5.82 Å². The Balaban J connectivity index is 0.00000280. The lowest BCUT2D eigenvalue weighted by Crippen LogP contribution is -2.37. The Morgan fingerprint density at radius 3 is 2.67 bits per heavy atom. The lowest BCUT2D eigenvalue weighted by atomic mass is 9.89. The number of benzene rings is 1. The minimum Gasteiger partial charge on any atom is -0.293 e.